The summed E-state index contributed by atoms with van der Waals surface area (Å²) < 4.78 is 0. The third-order valence-electron chi connectivity index (χ3n) is 3.01. The molecule has 18 heavy (non-hydrogen) atoms. The zero-order chi connectivity index (χ0) is 13.4. The van der Waals surface area contributed by atoms with E-state index in [1.165, 1.54) is 0 Å². The van der Waals surface area contributed by atoms with E-state index in [1.807, 2.05) is 13.8 Å². The molecule has 0 bridgehead atoms. The molecule has 0 aliphatic heterocycles. The van der Waals surface area contributed by atoms with E-state index in [4.69, 9.17) is 0 Å². The molecule has 1 aromatic rings. The Morgan fingerprint density at radius 3 is 2.61 bits per heavy atom. The van der Waals surface area contributed by atoms with Gasteiger partial charge in [0.25, 0.3) is 0 Å². The molecular formula is C13H20N4O. The van der Waals surface area contributed by atoms with Gasteiger partial charge in [0.05, 0.1) is 12.3 Å². The van der Waals surface area contributed by atoms with E-state index in [2.05, 4.69) is 21.6 Å². The number of aromatic amines is 1. The molecule has 0 atom stereocenters. The Morgan fingerprint density at radius 2 is 2.17 bits per heavy atom. The van der Waals surface area contributed by atoms with Crippen molar-refractivity contribution in [1.82, 2.24) is 15.5 Å². The normalized spacial score (nSPS) is 10.9. The van der Waals surface area contributed by atoms with Gasteiger partial charge >= 0.3 is 0 Å². The van der Waals surface area contributed by atoms with Crippen LogP contribution in [0.15, 0.2) is 12.4 Å². The molecule has 98 valence electrons. The fourth-order valence-electron chi connectivity index (χ4n) is 2.09. The molecule has 0 radical (unpaired) electrons. The van der Waals surface area contributed by atoms with Gasteiger partial charge in [-0.2, -0.15) is 10.4 Å². The van der Waals surface area contributed by atoms with Gasteiger partial charge in [0.15, 0.2) is 0 Å². The number of amides is 1. The van der Waals surface area contributed by atoms with Crippen molar-refractivity contribution in [1.29, 1.82) is 5.26 Å². The van der Waals surface area contributed by atoms with Gasteiger partial charge in [0.2, 0.25) is 5.91 Å². The van der Waals surface area contributed by atoms with Crippen LogP contribution in [0, 0.1) is 16.7 Å². The van der Waals surface area contributed by atoms with Crippen LogP contribution < -0.4 is 5.32 Å². The van der Waals surface area contributed by atoms with E-state index >= 15 is 0 Å². The van der Waals surface area contributed by atoms with Crippen LogP contribution in [0.2, 0.25) is 0 Å². The monoisotopic (exact) mass is 248 g/mol. The van der Waals surface area contributed by atoms with E-state index in [-0.39, 0.29) is 5.91 Å². The summed E-state index contributed by atoms with van der Waals surface area (Å²) in [7, 11) is 0. The molecule has 1 heterocycles. The number of nitrogens with one attached hydrogen (secondary N) is 2. The summed E-state index contributed by atoms with van der Waals surface area (Å²) >= 11 is 0. The first-order valence-electron chi connectivity index (χ1n) is 6.35. The number of carbonyl (C=O) groups excluding carboxylic acids is 1. The van der Waals surface area contributed by atoms with Crippen molar-refractivity contribution in [3.63, 3.8) is 0 Å². The molecule has 1 aromatic heterocycles. The van der Waals surface area contributed by atoms with Gasteiger partial charge in [-0.15, -0.1) is 0 Å². The minimum absolute atomic E-state index is 0.171. The van der Waals surface area contributed by atoms with Crippen molar-refractivity contribution in [2.24, 2.45) is 5.41 Å². The lowest BCUT2D eigenvalue weighted by molar-refractivity contribution is -0.129. The first-order valence-corrected chi connectivity index (χ1v) is 6.35. The van der Waals surface area contributed by atoms with E-state index in [0.717, 1.165) is 18.4 Å². The molecular weight excluding hydrogens is 228 g/mol. The van der Waals surface area contributed by atoms with Crippen molar-refractivity contribution in [2.45, 2.75) is 46.1 Å². The van der Waals surface area contributed by atoms with Gasteiger partial charge in [-0.1, -0.05) is 26.7 Å². The minimum atomic E-state index is -0.882. The molecule has 1 amide bonds. The summed E-state index contributed by atoms with van der Waals surface area (Å²) in [6.45, 7) is 4.39. The number of nitrogens with zero attached hydrogens (tertiary/aromatic N) is 2. The zero-order valence-corrected chi connectivity index (χ0v) is 11.0. The van der Waals surface area contributed by atoms with E-state index in [0.29, 0.717) is 19.4 Å². The molecule has 0 aliphatic rings. The highest BCUT2D eigenvalue weighted by atomic mass is 16.2. The lowest BCUT2D eigenvalue weighted by Gasteiger charge is -2.24. The quantitative estimate of drug-likeness (QED) is 0.775. The van der Waals surface area contributed by atoms with Crippen LogP contribution in [0.3, 0.4) is 0 Å². The van der Waals surface area contributed by atoms with Crippen LogP contribution in [0.5, 0.6) is 0 Å². The second-order valence-corrected chi connectivity index (χ2v) is 4.48. The molecule has 0 spiro atoms. The lowest BCUT2D eigenvalue weighted by Crippen LogP contribution is -2.39. The first kappa shape index (κ1) is 14.2. The molecule has 5 heteroatoms. The van der Waals surface area contributed by atoms with Crippen LogP contribution in [0.1, 0.15) is 45.1 Å². The molecule has 2 N–H and O–H groups in total. The Hall–Kier alpha value is -1.83. The van der Waals surface area contributed by atoms with Crippen LogP contribution in [0.4, 0.5) is 0 Å². The van der Waals surface area contributed by atoms with Gasteiger partial charge in [-0.3, -0.25) is 9.89 Å². The SMILES string of the molecule is CCCC(C#N)(CCC)C(=O)NCc1cn[nH]c1. The number of aromatic nitrogens is 2. The Labute approximate surface area is 108 Å². The molecule has 0 unspecified atom stereocenters. The Morgan fingerprint density at radius 1 is 1.50 bits per heavy atom. The third-order valence-corrected chi connectivity index (χ3v) is 3.01. The Kier molecular flexibility index (Phi) is 5.37. The average molecular weight is 248 g/mol. The minimum Gasteiger partial charge on any atom is -0.351 e. The average Bonchev–Trinajstić information content (AvgIpc) is 2.88. The Bertz CT molecular complexity index is 399. The lowest BCUT2D eigenvalue weighted by atomic mass is 9.80. The number of hydrogen-bond donors (Lipinski definition) is 2. The van der Waals surface area contributed by atoms with Gasteiger partial charge in [-0.05, 0) is 12.8 Å². The van der Waals surface area contributed by atoms with Crippen molar-refractivity contribution < 1.29 is 4.79 Å². The summed E-state index contributed by atoms with van der Waals surface area (Å²) in [4.78, 5) is 12.2. The molecule has 1 rings (SSSR count). The number of H-pyrrole nitrogens is 1. The van der Waals surface area contributed by atoms with Crippen molar-refractivity contribution in [3.05, 3.63) is 18.0 Å². The van der Waals surface area contributed by atoms with Gasteiger partial charge in [0.1, 0.15) is 5.41 Å². The topological polar surface area (TPSA) is 81.6 Å². The molecule has 5 nitrogen and oxygen atoms in total. The largest absolute Gasteiger partial charge is 0.351 e. The molecule has 0 aliphatic carbocycles. The summed E-state index contributed by atoms with van der Waals surface area (Å²) in [5.41, 5.74) is 0.0240. The number of hydrogen-bond acceptors (Lipinski definition) is 3. The number of rotatable bonds is 7. The highest BCUT2D eigenvalue weighted by Gasteiger charge is 2.36. The smallest absolute Gasteiger partial charge is 0.240 e. The van der Waals surface area contributed by atoms with Crippen LogP contribution in [0.25, 0.3) is 0 Å². The molecule has 0 saturated carbocycles. The van der Waals surface area contributed by atoms with Crippen molar-refractivity contribution in [3.8, 4) is 6.07 Å². The summed E-state index contributed by atoms with van der Waals surface area (Å²) in [6, 6.07) is 2.21. The molecule has 0 fully saturated rings. The van der Waals surface area contributed by atoms with Crippen LogP contribution >= 0.6 is 0 Å². The van der Waals surface area contributed by atoms with Crippen LogP contribution in [-0.2, 0) is 11.3 Å². The summed E-state index contributed by atoms with van der Waals surface area (Å²) in [5, 5.41) is 18.7. The predicted octanol–water partition coefficient (Wildman–Crippen LogP) is 2.14. The zero-order valence-electron chi connectivity index (χ0n) is 11.0. The van der Waals surface area contributed by atoms with E-state index in [9.17, 15) is 10.1 Å². The number of nitriles is 1. The summed E-state index contributed by atoms with van der Waals surface area (Å²) in [6.07, 6.45) is 6.25. The highest BCUT2D eigenvalue weighted by molar-refractivity contribution is 5.85. The Balaban J connectivity index is 2.67. The van der Waals surface area contributed by atoms with Gasteiger partial charge in [0, 0.05) is 18.3 Å². The highest BCUT2D eigenvalue weighted by Crippen LogP contribution is 2.29. The maximum absolute atomic E-state index is 12.2. The van der Waals surface area contributed by atoms with Crippen molar-refractivity contribution in [2.75, 3.05) is 0 Å². The van der Waals surface area contributed by atoms with E-state index in [1.54, 1.807) is 12.4 Å². The summed E-state index contributed by atoms with van der Waals surface area (Å²) in [5.74, 6) is -0.171. The number of carbonyl (C=O) groups is 1. The molecule has 0 saturated heterocycles. The van der Waals surface area contributed by atoms with E-state index < -0.39 is 5.41 Å². The molecule has 0 aromatic carbocycles. The van der Waals surface area contributed by atoms with Crippen molar-refractivity contribution >= 4 is 5.91 Å². The fraction of sp³-hybridized carbons (Fsp3) is 0.615. The third kappa shape index (κ3) is 3.33. The maximum atomic E-state index is 12.2. The predicted molar refractivity (Wildman–Crippen MR) is 68.3 cm³/mol. The van der Waals surface area contributed by atoms with Crippen LogP contribution in [-0.4, -0.2) is 16.1 Å². The second-order valence-electron chi connectivity index (χ2n) is 4.48. The van der Waals surface area contributed by atoms with Gasteiger partial charge < -0.3 is 5.32 Å². The maximum Gasteiger partial charge on any atom is 0.240 e. The van der Waals surface area contributed by atoms with Gasteiger partial charge in [-0.25, -0.2) is 0 Å². The standard InChI is InChI=1S/C13H20N4O/c1-3-5-13(10-14,6-4-2)12(18)15-7-11-8-16-17-9-11/h8-9H,3-7H2,1-2H3,(H,15,18)(H,16,17). The fourth-order valence-corrected chi connectivity index (χ4v) is 2.09. The first-order chi connectivity index (χ1) is 8.68. The second kappa shape index (κ2) is 6.80.